The highest BCUT2D eigenvalue weighted by Crippen LogP contribution is 2.12. The van der Waals surface area contributed by atoms with E-state index in [2.05, 4.69) is 16.0 Å². The molecule has 0 bridgehead atoms. The zero-order chi connectivity index (χ0) is 27.4. The number of nitrogens with two attached hydrogens (primary N) is 1. The molecule has 15 nitrogen and oxygen atoms in total. The van der Waals surface area contributed by atoms with E-state index in [1.54, 1.807) is 0 Å². The molecule has 10 N–H and O–H groups in total. The number of amides is 3. The highest BCUT2D eigenvalue weighted by Gasteiger charge is 2.32. The molecule has 4 unspecified atom stereocenters. The van der Waals surface area contributed by atoms with Crippen molar-refractivity contribution in [2.24, 2.45) is 5.73 Å². The van der Waals surface area contributed by atoms with Gasteiger partial charge in [-0.3, -0.25) is 24.0 Å². The predicted molar refractivity (Wildman–Crippen MR) is 119 cm³/mol. The van der Waals surface area contributed by atoms with Crippen molar-refractivity contribution in [3.05, 3.63) is 29.8 Å². The Balaban J connectivity index is 3.03. The summed E-state index contributed by atoms with van der Waals surface area (Å²) in [6.07, 6.45) is -2.23. The molecule has 198 valence electrons. The van der Waals surface area contributed by atoms with Gasteiger partial charge in [0.2, 0.25) is 17.7 Å². The van der Waals surface area contributed by atoms with Gasteiger partial charge in [-0.15, -0.1) is 0 Å². The fourth-order valence-electron chi connectivity index (χ4n) is 2.89. The number of carbonyl (C=O) groups is 6. The monoisotopic (exact) mass is 512 g/mol. The first kappa shape index (κ1) is 29.8. The summed E-state index contributed by atoms with van der Waals surface area (Å²) >= 11 is 0. The van der Waals surface area contributed by atoms with Crippen LogP contribution in [0.2, 0.25) is 0 Å². The molecule has 15 heteroatoms. The number of aromatic hydroxyl groups is 1. The average molecular weight is 512 g/mol. The Morgan fingerprint density at radius 3 is 1.81 bits per heavy atom. The van der Waals surface area contributed by atoms with Crippen LogP contribution in [-0.4, -0.2) is 91.9 Å². The van der Waals surface area contributed by atoms with Crippen LogP contribution in [0.3, 0.4) is 0 Å². The maximum atomic E-state index is 12.7. The maximum absolute atomic E-state index is 12.7. The molecule has 0 saturated heterocycles. The fourth-order valence-corrected chi connectivity index (χ4v) is 2.89. The Morgan fingerprint density at radius 2 is 1.31 bits per heavy atom. The number of hydrogen-bond acceptors (Lipinski definition) is 9. The molecule has 0 aliphatic carbocycles. The second-order valence-electron chi connectivity index (χ2n) is 7.71. The number of carboxylic acids is 3. The first-order chi connectivity index (χ1) is 16.8. The minimum Gasteiger partial charge on any atom is -0.508 e. The molecular weight excluding hydrogens is 484 g/mol. The lowest BCUT2D eigenvalue weighted by Crippen LogP contribution is -2.58. The maximum Gasteiger partial charge on any atom is 0.326 e. The van der Waals surface area contributed by atoms with Crippen LogP contribution in [0.25, 0.3) is 0 Å². The van der Waals surface area contributed by atoms with Gasteiger partial charge < -0.3 is 47.2 Å². The number of aliphatic carboxylic acids is 3. The van der Waals surface area contributed by atoms with E-state index in [0.29, 0.717) is 5.56 Å². The summed E-state index contributed by atoms with van der Waals surface area (Å²) in [4.78, 5) is 71.2. The number of hydrogen-bond donors (Lipinski definition) is 9. The largest absolute Gasteiger partial charge is 0.508 e. The van der Waals surface area contributed by atoms with Gasteiger partial charge in [0.05, 0.1) is 13.0 Å². The third-order valence-corrected chi connectivity index (χ3v) is 4.82. The Bertz CT molecular complexity index is 967. The lowest BCUT2D eigenvalue weighted by molar-refractivity contribution is -0.143. The summed E-state index contributed by atoms with van der Waals surface area (Å²) in [5.74, 6) is -7.64. The van der Waals surface area contributed by atoms with Crippen molar-refractivity contribution >= 4 is 35.6 Å². The molecule has 0 fully saturated rings. The summed E-state index contributed by atoms with van der Waals surface area (Å²) in [5.41, 5.74) is 5.80. The van der Waals surface area contributed by atoms with E-state index >= 15 is 0 Å². The number of rotatable bonds is 15. The minimum atomic E-state index is -1.78. The number of phenolic OH excluding ortho intramolecular Hbond substituents is 1. The summed E-state index contributed by atoms with van der Waals surface area (Å²) in [6, 6.07) is -0.855. The van der Waals surface area contributed by atoms with E-state index in [4.69, 9.17) is 21.1 Å². The Kier molecular flexibility index (Phi) is 11.8. The van der Waals surface area contributed by atoms with Crippen LogP contribution >= 0.6 is 0 Å². The van der Waals surface area contributed by atoms with E-state index in [-0.39, 0.29) is 12.2 Å². The number of carboxylic acid groups (broad SMARTS) is 3. The van der Waals surface area contributed by atoms with Crippen molar-refractivity contribution < 1.29 is 54.3 Å². The zero-order valence-corrected chi connectivity index (χ0v) is 18.9. The lowest BCUT2D eigenvalue weighted by Gasteiger charge is -2.24. The smallest absolute Gasteiger partial charge is 0.326 e. The van der Waals surface area contributed by atoms with Crippen LogP contribution in [0, 0.1) is 0 Å². The molecule has 4 atom stereocenters. The molecule has 1 aromatic rings. The van der Waals surface area contributed by atoms with Crippen LogP contribution in [0.5, 0.6) is 5.75 Å². The van der Waals surface area contributed by atoms with Crippen LogP contribution in [-0.2, 0) is 35.2 Å². The molecule has 1 aromatic carbocycles. The van der Waals surface area contributed by atoms with E-state index in [1.165, 1.54) is 24.3 Å². The number of aliphatic hydroxyl groups excluding tert-OH is 1. The fraction of sp³-hybridized carbons (Fsp3) is 0.429. The highest BCUT2D eigenvalue weighted by atomic mass is 16.4. The van der Waals surface area contributed by atoms with Crippen LogP contribution in [0.15, 0.2) is 24.3 Å². The molecule has 0 radical (unpaired) electrons. The molecule has 1 rings (SSSR count). The second kappa shape index (κ2) is 14.2. The van der Waals surface area contributed by atoms with Gasteiger partial charge in [-0.2, -0.15) is 0 Å². The van der Waals surface area contributed by atoms with Crippen LogP contribution < -0.4 is 21.7 Å². The number of nitrogens with one attached hydrogen (secondary N) is 3. The third-order valence-electron chi connectivity index (χ3n) is 4.82. The van der Waals surface area contributed by atoms with Crippen molar-refractivity contribution in [2.45, 2.75) is 49.9 Å². The van der Waals surface area contributed by atoms with E-state index in [9.17, 15) is 39.0 Å². The van der Waals surface area contributed by atoms with Gasteiger partial charge in [-0.05, 0) is 24.1 Å². The Labute approximate surface area is 204 Å². The second-order valence-corrected chi connectivity index (χ2v) is 7.71. The normalized spacial score (nSPS) is 13.9. The predicted octanol–water partition coefficient (Wildman–Crippen LogP) is -2.87. The van der Waals surface area contributed by atoms with Crippen molar-refractivity contribution in [2.75, 3.05) is 6.61 Å². The first-order valence-corrected chi connectivity index (χ1v) is 10.6. The molecule has 0 heterocycles. The molecule has 0 aliphatic rings. The number of benzene rings is 1. The number of phenols is 1. The van der Waals surface area contributed by atoms with Crippen molar-refractivity contribution in [1.29, 1.82) is 0 Å². The van der Waals surface area contributed by atoms with Gasteiger partial charge in [0.15, 0.2) is 0 Å². The molecular formula is C21H28N4O11. The van der Waals surface area contributed by atoms with Crippen molar-refractivity contribution in [3.63, 3.8) is 0 Å². The highest BCUT2D eigenvalue weighted by molar-refractivity contribution is 5.95. The van der Waals surface area contributed by atoms with Gasteiger partial charge in [0.25, 0.3) is 0 Å². The van der Waals surface area contributed by atoms with Crippen LogP contribution in [0.1, 0.15) is 24.8 Å². The molecule has 0 saturated carbocycles. The summed E-state index contributed by atoms with van der Waals surface area (Å²) in [7, 11) is 0. The van der Waals surface area contributed by atoms with Gasteiger partial charge in [-0.1, -0.05) is 12.1 Å². The third kappa shape index (κ3) is 10.4. The Hall–Kier alpha value is -4.24. The molecule has 0 spiro atoms. The minimum absolute atomic E-state index is 0.0663. The van der Waals surface area contributed by atoms with Crippen LogP contribution in [0.4, 0.5) is 0 Å². The van der Waals surface area contributed by atoms with Gasteiger partial charge in [-0.25, -0.2) is 4.79 Å². The lowest BCUT2D eigenvalue weighted by atomic mass is 10.0. The molecule has 0 aromatic heterocycles. The van der Waals surface area contributed by atoms with Gasteiger partial charge in [0.1, 0.15) is 29.9 Å². The summed E-state index contributed by atoms with van der Waals surface area (Å²) in [5, 5.41) is 52.2. The van der Waals surface area contributed by atoms with E-state index in [0.717, 1.165) is 0 Å². The standard InChI is InChI=1S/C21H28N4O11/c22-12(9-26)18(32)23-13(5-6-16(28)29)19(33)24-14(8-17(30)31)20(34)25-15(21(35)36)7-10-1-3-11(27)4-2-10/h1-4,12-15,26-27H,5-9,22H2,(H,23,32)(H,24,33)(H,25,34)(H,28,29)(H,30,31)(H,35,36). The van der Waals surface area contributed by atoms with Gasteiger partial charge in [0, 0.05) is 12.8 Å². The Morgan fingerprint density at radius 1 is 0.778 bits per heavy atom. The van der Waals surface area contributed by atoms with E-state index in [1.807, 2.05) is 0 Å². The average Bonchev–Trinajstić information content (AvgIpc) is 2.80. The van der Waals surface area contributed by atoms with Gasteiger partial charge >= 0.3 is 17.9 Å². The number of aliphatic hydroxyl groups is 1. The summed E-state index contributed by atoms with van der Waals surface area (Å²) in [6.45, 7) is -0.777. The number of carbonyl (C=O) groups excluding carboxylic acids is 3. The summed E-state index contributed by atoms with van der Waals surface area (Å²) < 4.78 is 0. The SMILES string of the molecule is NC(CO)C(=O)NC(CCC(=O)O)C(=O)NC(CC(=O)O)C(=O)NC(Cc1ccc(O)cc1)C(=O)O. The van der Waals surface area contributed by atoms with E-state index < -0.39 is 85.7 Å². The quantitative estimate of drug-likeness (QED) is 0.115. The molecule has 3 amide bonds. The zero-order valence-electron chi connectivity index (χ0n) is 18.9. The van der Waals surface area contributed by atoms with Crippen molar-refractivity contribution in [1.82, 2.24) is 16.0 Å². The van der Waals surface area contributed by atoms with Crippen molar-refractivity contribution in [3.8, 4) is 5.75 Å². The molecule has 0 aliphatic heterocycles. The molecule has 36 heavy (non-hydrogen) atoms. The topological polar surface area (TPSA) is 266 Å². The first-order valence-electron chi connectivity index (χ1n) is 10.6.